The molecule has 0 aliphatic carbocycles. The van der Waals surface area contributed by atoms with Gasteiger partial charge in [0.25, 0.3) is 0 Å². The monoisotopic (exact) mass is 240 g/mol. The van der Waals surface area contributed by atoms with Crippen LogP contribution in [0.15, 0.2) is 0 Å². The van der Waals surface area contributed by atoms with E-state index in [-0.39, 0.29) is 0 Å². The lowest BCUT2D eigenvalue weighted by molar-refractivity contribution is -0.489. The molecular weight excluding hydrogens is 210 g/mol. The highest BCUT2D eigenvalue weighted by Crippen LogP contribution is 2.15. The number of hydrogen-bond acceptors (Lipinski definition) is 1. The van der Waals surface area contributed by atoms with Crippen molar-refractivity contribution in [3.63, 3.8) is 0 Å². The molecule has 2 heteroatoms. The van der Waals surface area contributed by atoms with Crippen molar-refractivity contribution in [2.24, 2.45) is 5.92 Å². The quantitative estimate of drug-likeness (QED) is 0.440. The maximum atomic E-state index is 5.68. The molecule has 17 heavy (non-hydrogen) atoms. The molecule has 0 bridgehead atoms. The van der Waals surface area contributed by atoms with Gasteiger partial charge in [-0.15, -0.1) is 0 Å². The van der Waals surface area contributed by atoms with Crippen molar-refractivity contribution in [2.75, 3.05) is 20.2 Å². The van der Waals surface area contributed by atoms with Crippen LogP contribution in [0.4, 0.5) is 0 Å². The van der Waals surface area contributed by atoms with E-state index in [0.29, 0.717) is 5.92 Å². The van der Waals surface area contributed by atoms with Gasteiger partial charge in [-0.2, -0.15) is 0 Å². The molecule has 0 aromatic heterocycles. The zero-order chi connectivity index (χ0) is 12.5. The minimum Gasteiger partial charge on any atom is -0.441 e. The first-order chi connectivity index (χ1) is 8.25. The van der Waals surface area contributed by atoms with Crippen LogP contribution in [0.2, 0.25) is 0 Å². The van der Waals surface area contributed by atoms with Gasteiger partial charge in [0.15, 0.2) is 13.2 Å². The molecule has 1 heterocycles. The van der Waals surface area contributed by atoms with Crippen molar-refractivity contribution in [1.29, 1.82) is 0 Å². The average molecular weight is 240 g/mol. The molecule has 0 spiro atoms. The van der Waals surface area contributed by atoms with Gasteiger partial charge in [-0.1, -0.05) is 51.9 Å². The SMILES string of the molecule is CCCCCCCCCC(C)C1=[N+](C)CCO1. The van der Waals surface area contributed by atoms with Gasteiger partial charge in [0.2, 0.25) is 0 Å². The fourth-order valence-electron chi connectivity index (χ4n) is 2.56. The maximum Gasteiger partial charge on any atom is 0.339 e. The van der Waals surface area contributed by atoms with E-state index in [9.17, 15) is 0 Å². The number of nitrogens with zero attached hydrogens (tertiary/aromatic N) is 1. The number of hydrogen-bond donors (Lipinski definition) is 0. The Morgan fingerprint density at radius 2 is 1.76 bits per heavy atom. The summed E-state index contributed by atoms with van der Waals surface area (Å²) in [7, 11) is 2.14. The lowest BCUT2D eigenvalue weighted by atomic mass is 10.0. The standard InChI is InChI=1S/C15H30NO/c1-4-5-6-7-8-9-10-11-14(2)15-16(3)12-13-17-15/h14H,4-13H2,1-3H3/q+1. The second-order valence-corrected chi connectivity index (χ2v) is 5.42. The summed E-state index contributed by atoms with van der Waals surface area (Å²) in [5, 5.41) is 0. The first kappa shape index (κ1) is 14.5. The van der Waals surface area contributed by atoms with Crippen LogP contribution < -0.4 is 0 Å². The Labute approximate surface area is 107 Å². The molecule has 1 aliphatic rings. The summed E-state index contributed by atoms with van der Waals surface area (Å²) in [6.07, 6.45) is 11.1. The molecule has 100 valence electrons. The Balaban J connectivity index is 2.01. The van der Waals surface area contributed by atoms with E-state index in [0.717, 1.165) is 13.2 Å². The Kier molecular flexibility index (Phi) is 7.30. The van der Waals surface area contributed by atoms with Crippen molar-refractivity contribution < 1.29 is 9.31 Å². The molecule has 1 rings (SSSR count). The molecule has 0 saturated heterocycles. The Hall–Kier alpha value is -0.530. The van der Waals surface area contributed by atoms with Crippen LogP contribution in [0.5, 0.6) is 0 Å². The molecule has 1 unspecified atom stereocenters. The minimum atomic E-state index is 0.609. The smallest absolute Gasteiger partial charge is 0.339 e. The Bertz CT molecular complexity index is 235. The highest BCUT2D eigenvalue weighted by Gasteiger charge is 2.26. The van der Waals surface area contributed by atoms with E-state index < -0.39 is 0 Å². The van der Waals surface area contributed by atoms with Crippen molar-refractivity contribution in [3.05, 3.63) is 0 Å². The third kappa shape index (κ3) is 5.56. The first-order valence-corrected chi connectivity index (χ1v) is 7.46. The van der Waals surface area contributed by atoms with Crippen LogP contribution in [0, 0.1) is 5.92 Å². The van der Waals surface area contributed by atoms with E-state index in [1.54, 1.807) is 0 Å². The molecule has 0 amide bonds. The molecule has 0 aromatic carbocycles. The number of likely N-dealkylation sites (N-methyl/N-ethyl adjacent to an activating group) is 1. The van der Waals surface area contributed by atoms with Gasteiger partial charge in [-0.05, 0) is 13.3 Å². The fourth-order valence-corrected chi connectivity index (χ4v) is 2.56. The summed E-state index contributed by atoms with van der Waals surface area (Å²) in [4.78, 5) is 0. The summed E-state index contributed by atoms with van der Waals surface area (Å²) in [5.74, 6) is 1.83. The topological polar surface area (TPSA) is 12.2 Å². The average Bonchev–Trinajstić information content (AvgIpc) is 2.74. The van der Waals surface area contributed by atoms with Gasteiger partial charge in [-0.3, -0.25) is 0 Å². The predicted octanol–water partition coefficient (Wildman–Crippen LogP) is 3.83. The van der Waals surface area contributed by atoms with E-state index in [4.69, 9.17) is 4.74 Å². The van der Waals surface area contributed by atoms with E-state index >= 15 is 0 Å². The second-order valence-electron chi connectivity index (χ2n) is 5.42. The normalized spacial score (nSPS) is 17.4. The van der Waals surface area contributed by atoms with Crippen LogP contribution in [0.25, 0.3) is 0 Å². The molecule has 1 atom stereocenters. The van der Waals surface area contributed by atoms with Gasteiger partial charge < -0.3 is 4.74 Å². The van der Waals surface area contributed by atoms with Crippen LogP contribution in [-0.4, -0.2) is 30.7 Å². The summed E-state index contributed by atoms with van der Waals surface area (Å²) in [6.45, 7) is 6.52. The molecule has 0 N–H and O–H groups in total. The van der Waals surface area contributed by atoms with Crippen LogP contribution in [0.1, 0.15) is 65.2 Å². The van der Waals surface area contributed by atoms with Crippen LogP contribution in [-0.2, 0) is 4.74 Å². The first-order valence-electron chi connectivity index (χ1n) is 7.46. The van der Waals surface area contributed by atoms with Crippen LogP contribution >= 0.6 is 0 Å². The minimum absolute atomic E-state index is 0.609. The highest BCUT2D eigenvalue weighted by atomic mass is 16.5. The van der Waals surface area contributed by atoms with Crippen molar-refractivity contribution in [3.8, 4) is 0 Å². The third-order valence-electron chi connectivity index (χ3n) is 3.72. The van der Waals surface area contributed by atoms with Crippen molar-refractivity contribution in [2.45, 2.75) is 65.2 Å². The fraction of sp³-hybridized carbons (Fsp3) is 0.933. The van der Waals surface area contributed by atoms with Gasteiger partial charge in [0, 0.05) is 0 Å². The number of rotatable bonds is 9. The molecule has 0 fully saturated rings. The summed E-state index contributed by atoms with van der Waals surface area (Å²) in [5.41, 5.74) is 0. The van der Waals surface area contributed by atoms with Crippen molar-refractivity contribution in [1.82, 2.24) is 0 Å². The summed E-state index contributed by atoms with van der Waals surface area (Å²) >= 11 is 0. The maximum absolute atomic E-state index is 5.68. The Morgan fingerprint density at radius 1 is 1.12 bits per heavy atom. The Morgan fingerprint density at radius 3 is 2.35 bits per heavy atom. The van der Waals surface area contributed by atoms with E-state index in [1.165, 1.54) is 57.3 Å². The van der Waals surface area contributed by atoms with Crippen molar-refractivity contribution >= 4 is 5.90 Å². The summed E-state index contributed by atoms with van der Waals surface area (Å²) < 4.78 is 7.95. The van der Waals surface area contributed by atoms with E-state index in [2.05, 4.69) is 25.5 Å². The molecule has 1 aliphatic heterocycles. The molecule has 0 saturated carbocycles. The lowest BCUT2D eigenvalue weighted by Crippen LogP contribution is -2.19. The molecular formula is C15H30NO+. The van der Waals surface area contributed by atoms with Gasteiger partial charge in [0.1, 0.15) is 7.05 Å². The molecule has 0 aromatic rings. The summed E-state index contributed by atoms with van der Waals surface area (Å²) in [6, 6.07) is 0. The molecule has 2 nitrogen and oxygen atoms in total. The zero-order valence-corrected chi connectivity index (χ0v) is 12.0. The van der Waals surface area contributed by atoms with Gasteiger partial charge in [0.05, 0.1) is 5.92 Å². The highest BCUT2D eigenvalue weighted by molar-refractivity contribution is 5.74. The largest absolute Gasteiger partial charge is 0.441 e. The number of ether oxygens (including phenoxy) is 1. The lowest BCUT2D eigenvalue weighted by Gasteiger charge is -2.08. The van der Waals surface area contributed by atoms with Gasteiger partial charge >= 0.3 is 5.90 Å². The number of unbranched alkanes of at least 4 members (excludes halogenated alkanes) is 6. The predicted molar refractivity (Wildman–Crippen MR) is 73.8 cm³/mol. The zero-order valence-electron chi connectivity index (χ0n) is 12.0. The van der Waals surface area contributed by atoms with Gasteiger partial charge in [-0.25, -0.2) is 4.58 Å². The second kappa shape index (κ2) is 8.54. The van der Waals surface area contributed by atoms with Crippen LogP contribution in [0.3, 0.4) is 0 Å². The third-order valence-corrected chi connectivity index (χ3v) is 3.72. The van der Waals surface area contributed by atoms with E-state index in [1.807, 2.05) is 0 Å². The molecule has 0 radical (unpaired) electrons.